The Bertz CT molecular complexity index is 297. The molecule has 5 nitrogen and oxygen atoms in total. The molecule has 1 heterocycles. The molecule has 76 valence electrons. The molecule has 0 aliphatic heterocycles. The van der Waals surface area contributed by atoms with Crippen LogP contribution < -0.4 is 10.5 Å². The van der Waals surface area contributed by atoms with Crippen LogP contribution in [0.1, 0.15) is 12.1 Å². The van der Waals surface area contributed by atoms with E-state index in [4.69, 9.17) is 21.0 Å². The monoisotopic (exact) mass is 195 g/mol. The highest BCUT2D eigenvalue weighted by Crippen LogP contribution is 2.08. The van der Waals surface area contributed by atoms with Gasteiger partial charge in [-0.25, -0.2) is 4.98 Å². The zero-order valence-electron chi connectivity index (χ0n) is 7.73. The number of nitrogens with zero attached hydrogens (tertiary/aromatic N) is 1. The summed E-state index contributed by atoms with van der Waals surface area (Å²) in [5, 5.41) is 15.6. The largest absolute Gasteiger partial charge is 0.492 e. The number of nitrogens with two attached hydrogens (primary N) is 1. The summed E-state index contributed by atoms with van der Waals surface area (Å²) in [4.78, 5) is 3.92. The van der Waals surface area contributed by atoms with Gasteiger partial charge in [0.25, 0.3) is 0 Å². The van der Waals surface area contributed by atoms with Crippen LogP contribution in [-0.2, 0) is 0 Å². The Morgan fingerprint density at radius 3 is 2.86 bits per heavy atom. The van der Waals surface area contributed by atoms with E-state index in [0.717, 1.165) is 0 Å². The van der Waals surface area contributed by atoms with Gasteiger partial charge in [0.05, 0.1) is 12.8 Å². The number of nitrogens with one attached hydrogen (secondary N) is 1. The van der Waals surface area contributed by atoms with Crippen LogP contribution >= 0.6 is 0 Å². The Morgan fingerprint density at radius 1 is 1.57 bits per heavy atom. The van der Waals surface area contributed by atoms with Gasteiger partial charge >= 0.3 is 0 Å². The zero-order valence-corrected chi connectivity index (χ0v) is 7.73. The maximum absolute atomic E-state index is 8.52. The predicted molar refractivity (Wildman–Crippen MR) is 52.5 cm³/mol. The fourth-order valence-electron chi connectivity index (χ4n) is 0.880. The number of aliphatic hydroxyl groups excluding tert-OH is 1. The average molecular weight is 195 g/mol. The molecule has 0 radical (unpaired) electrons. The van der Waals surface area contributed by atoms with Gasteiger partial charge in [-0.2, -0.15) is 0 Å². The first-order valence-corrected chi connectivity index (χ1v) is 4.28. The first kappa shape index (κ1) is 10.5. The van der Waals surface area contributed by atoms with Gasteiger partial charge in [-0.3, -0.25) is 5.41 Å². The SMILES string of the molecule is N=C(N)c1ccc(OCCCO)cn1. The van der Waals surface area contributed by atoms with Gasteiger partial charge in [-0.05, 0) is 12.1 Å². The van der Waals surface area contributed by atoms with Crippen molar-refractivity contribution in [2.24, 2.45) is 5.73 Å². The van der Waals surface area contributed by atoms with E-state index in [1.807, 2.05) is 0 Å². The molecule has 0 bridgehead atoms. The third kappa shape index (κ3) is 3.02. The van der Waals surface area contributed by atoms with Crippen LogP contribution in [0.5, 0.6) is 5.75 Å². The number of hydrogen-bond donors (Lipinski definition) is 3. The van der Waals surface area contributed by atoms with Crippen molar-refractivity contribution in [3.8, 4) is 5.75 Å². The highest BCUT2D eigenvalue weighted by atomic mass is 16.5. The summed E-state index contributed by atoms with van der Waals surface area (Å²) in [6, 6.07) is 3.32. The molecular weight excluding hydrogens is 182 g/mol. The predicted octanol–water partition coefficient (Wildman–Crippen LogP) is 0.127. The summed E-state index contributed by atoms with van der Waals surface area (Å²) in [7, 11) is 0. The van der Waals surface area contributed by atoms with Crippen LogP contribution in [0.2, 0.25) is 0 Å². The summed E-state index contributed by atoms with van der Waals surface area (Å²) < 4.78 is 5.25. The van der Waals surface area contributed by atoms with Gasteiger partial charge in [0.1, 0.15) is 17.3 Å². The van der Waals surface area contributed by atoms with Crippen LogP contribution in [0.3, 0.4) is 0 Å². The molecule has 0 atom stereocenters. The van der Waals surface area contributed by atoms with E-state index in [2.05, 4.69) is 4.98 Å². The van der Waals surface area contributed by atoms with Gasteiger partial charge in [0.2, 0.25) is 0 Å². The van der Waals surface area contributed by atoms with Crippen LogP contribution in [0, 0.1) is 5.41 Å². The molecule has 1 aromatic rings. The number of aromatic nitrogens is 1. The van der Waals surface area contributed by atoms with Crippen molar-refractivity contribution in [2.75, 3.05) is 13.2 Å². The highest BCUT2D eigenvalue weighted by molar-refractivity contribution is 5.92. The summed E-state index contributed by atoms with van der Waals surface area (Å²) in [5.41, 5.74) is 5.66. The second-order valence-corrected chi connectivity index (χ2v) is 2.72. The lowest BCUT2D eigenvalue weighted by molar-refractivity contribution is 0.233. The van der Waals surface area contributed by atoms with Crippen LogP contribution in [-0.4, -0.2) is 29.1 Å². The minimum Gasteiger partial charge on any atom is -0.492 e. The Morgan fingerprint density at radius 2 is 2.36 bits per heavy atom. The van der Waals surface area contributed by atoms with Gasteiger partial charge in [-0.1, -0.05) is 0 Å². The molecule has 0 unspecified atom stereocenters. The highest BCUT2D eigenvalue weighted by Gasteiger charge is 1.98. The van der Waals surface area contributed by atoms with E-state index >= 15 is 0 Å². The van der Waals surface area contributed by atoms with Crippen molar-refractivity contribution < 1.29 is 9.84 Å². The van der Waals surface area contributed by atoms with E-state index in [1.54, 1.807) is 12.1 Å². The fourth-order valence-corrected chi connectivity index (χ4v) is 0.880. The number of amidine groups is 1. The first-order valence-electron chi connectivity index (χ1n) is 4.28. The summed E-state index contributed by atoms with van der Waals surface area (Å²) in [5.74, 6) is 0.551. The smallest absolute Gasteiger partial charge is 0.141 e. The Kier molecular flexibility index (Phi) is 3.87. The van der Waals surface area contributed by atoms with Crippen LogP contribution in [0.15, 0.2) is 18.3 Å². The lowest BCUT2D eigenvalue weighted by atomic mass is 10.3. The molecule has 0 fully saturated rings. The number of hydrogen-bond acceptors (Lipinski definition) is 4. The third-order valence-electron chi connectivity index (χ3n) is 1.58. The maximum Gasteiger partial charge on any atom is 0.141 e. The van der Waals surface area contributed by atoms with E-state index in [-0.39, 0.29) is 12.4 Å². The molecular formula is C9H13N3O2. The normalized spacial score (nSPS) is 9.79. The Hall–Kier alpha value is -1.62. The average Bonchev–Trinajstić information content (AvgIpc) is 2.19. The molecule has 0 spiro atoms. The van der Waals surface area contributed by atoms with Crippen molar-refractivity contribution in [1.82, 2.24) is 4.98 Å². The second-order valence-electron chi connectivity index (χ2n) is 2.72. The van der Waals surface area contributed by atoms with Crippen LogP contribution in [0.25, 0.3) is 0 Å². The fraction of sp³-hybridized carbons (Fsp3) is 0.333. The molecule has 4 N–H and O–H groups in total. The molecule has 0 aromatic carbocycles. The molecule has 0 amide bonds. The minimum atomic E-state index is -0.0630. The number of nitrogen functional groups attached to an aromatic ring is 1. The van der Waals surface area contributed by atoms with Crippen molar-refractivity contribution >= 4 is 5.84 Å². The molecule has 0 aliphatic carbocycles. The molecule has 1 rings (SSSR count). The second kappa shape index (κ2) is 5.18. The van der Waals surface area contributed by atoms with Crippen molar-refractivity contribution in [2.45, 2.75) is 6.42 Å². The van der Waals surface area contributed by atoms with Gasteiger partial charge < -0.3 is 15.6 Å². The Labute approximate surface area is 82.0 Å². The molecule has 1 aromatic heterocycles. The van der Waals surface area contributed by atoms with E-state index in [9.17, 15) is 0 Å². The van der Waals surface area contributed by atoms with Gasteiger partial charge in [0.15, 0.2) is 0 Å². The number of pyridine rings is 1. The molecule has 5 heteroatoms. The molecule has 0 saturated heterocycles. The van der Waals surface area contributed by atoms with Crippen molar-refractivity contribution in [3.05, 3.63) is 24.0 Å². The van der Waals surface area contributed by atoms with E-state index < -0.39 is 0 Å². The number of aliphatic hydroxyl groups is 1. The summed E-state index contributed by atoms with van der Waals surface area (Å²) >= 11 is 0. The minimum absolute atomic E-state index is 0.0630. The lowest BCUT2D eigenvalue weighted by Gasteiger charge is -2.04. The van der Waals surface area contributed by atoms with Gasteiger partial charge in [-0.15, -0.1) is 0 Å². The first-order chi connectivity index (χ1) is 6.74. The third-order valence-corrected chi connectivity index (χ3v) is 1.58. The standard InChI is InChI=1S/C9H13N3O2/c10-9(11)8-3-2-7(6-12-8)14-5-1-4-13/h2-3,6,13H,1,4-5H2,(H3,10,11). The maximum atomic E-state index is 8.52. The number of ether oxygens (including phenoxy) is 1. The topological polar surface area (TPSA) is 92.2 Å². The lowest BCUT2D eigenvalue weighted by Crippen LogP contribution is -2.12. The number of rotatable bonds is 5. The summed E-state index contributed by atoms with van der Waals surface area (Å²) in [6.07, 6.45) is 2.10. The summed E-state index contributed by atoms with van der Waals surface area (Å²) in [6.45, 7) is 0.566. The van der Waals surface area contributed by atoms with E-state index in [0.29, 0.717) is 24.5 Å². The molecule has 0 aliphatic rings. The quantitative estimate of drug-likeness (QED) is 0.353. The van der Waals surface area contributed by atoms with Gasteiger partial charge in [0, 0.05) is 13.0 Å². The van der Waals surface area contributed by atoms with Crippen molar-refractivity contribution in [3.63, 3.8) is 0 Å². The zero-order chi connectivity index (χ0) is 10.4. The van der Waals surface area contributed by atoms with Crippen molar-refractivity contribution in [1.29, 1.82) is 5.41 Å². The van der Waals surface area contributed by atoms with Crippen LogP contribution in [0.4, 0.5) is 0 Å². The Balaban J connectivity index is 2.51. The van der Waals surface area contributed by atoms with E-state index in [1.165, 1.54) is 6.20 Å². The molecule has 14 heavy (non-hydrogen) atoms. The molecule has 0 saturated carbocycles.